The fourth-order valence-corrected chi connectivity index (χ4v) is 4.00. The number of benzene rings is 1. The Kier molecular flexibility index (Phi) is 5.43. The van der Waals surface area contributed by atoms with Crippen molar-refractivity contribution < 1.29 is 4.79 Å². The van der Waals surface area contributed by atoms with Gasteiger partial charge in [-0.05, 0) is 25.3 Å². The van der Waals surface area contributed by atoms with E-state index in [-0.39, 0.29) is 17.7 Å². The number of carbonyl (C=O) groups is 1. The Hall–Kier alpha value is -3.02. The number of nitrogens with zero attached hydrogens (tertiary/aromatic N) is 4. The van der Waals surface area contributed by atoms with Gasteiger partial charge in [-0.1, -0.05) is 44.2 Å². The quantitative estimate of drug-likeness (QED) is 0.721. The van der Waals surface area contributed by atoms with Gasteiger partial charge < -0.3 is 4.90 Å². The van der Waals surface area contributed by atoms with Crippen LogP contribution < -0.4 is 0 Å². The molecule has 4 rings (SSSR count). The number of likely N-dealkylation sites (tertiary alicyclic amines) is 1. The molecule has 0 aliphatic carbocycles. The van der Waals surface area contributed by atoms with Crippen molar-refractivity contribution in [3.05, 3.63) is 65.5 Å². The van der Waals surface area contributed by atoms with E-state index in [2.05, 4.69) is 46.1 Å². The third kappa shape index (κ3) is 3.92. The van der Waals surface area contributed by atoms with Crippen molar-refractivity contribution in [1.82, 2.24) is 25.1 Å². The van der Waals surface area contributed by atoms with Gasteiger partial charge in [0.05, 0.1) is 17.5 Å². The zero-order valence-electron chi connectivity index (χ0n) is 17.2. The molecule has 0 unspecified atom stereocenters. The zero-order valence-corrected chi connectivity index (χ0v) is 17.2. The molecule has 1 aromatic carbocycles. The SMILES string of the molecule is Cc1nc(C(C)C)ncc1C(=O)N1CCC[C@H](c2[nH]ncc2-c2ccccc2)C1. The number of H-pyrrole nitrogens is 1. The van der Waals surface area contributed by atoms with Crippen LogP contribution in [0.4, 0.5) is 0 Å². The molecule has 0 saturated carbocycles. The van der Waals surface area contributed by atoms with E-state index in [0.717, 1.165) is 47.7 Å². The van der Waals surface area contributed by atoms with Crippen molar-refractivity contribution in [2.45, 2.75) is 45.4 Å². The van der Waals surface area contributed by atoms with Gasteiger partial charge in [-0.15, -0.1) is 0 Å². The third-order valence-corrected chi connectivity index (χ3v) is 5.62. The monoisotopic (exact) mass is 389 g/mol. The summed E-state index contributed by atoms with van der Waals surface area (Å²) in [6, 6.07) is 10.3. The van der Waals surface area contributed by atoms with E-state index in [0.29, 0.717) is 12.1 Å². The molecule has 1 atom stereocenters. The van der Waals surface area contributed by atoms with Crippen molar-refractivity contribution in [2.75, 3.05) is 13.1 Å². The number of hydrogen-bond donors (Lipinski definition) is 1. The molecule has 1 amide bonds. The highest BCUT2D eigenvalue weighted by Crippen LogP contribution is 2.33. The summed E-state index contributed by atoms with van der Waals surface area (Å²) >= 11 is 0. The maximum atomic E-state index is 13.2. The van der Waals surface area contributed by atoms with Gasteiger partial charge in [0.1, 0.15) is 5.82 Å². The fourth-order valence-electron chi connectivity index (χ4n) is 4.00. The first-order valence-electron chi connectivity index (χ1n) is 10.3. The van der Waals surface area contributed by atoms with Crippen LogP contribution in [0, 0.1) is 6.92 Å². The lowest BCUT2D eigenvalue weighted by Crippen LogP contribution is -2.39. The van der Waals surface area contributed by atoms with Gasteiger partial charge in [-0.3, -0.25) is 9.89 Å². The minimum atomic E-state index is 0.0169. The van der Waals surface area contributed by atoms with Crippen molar-refractivity contribution in [2.24, 2.45) is 0 Å². The van der Waals surface area contributed by atoms with Crippen molar-refractivity contribution in [3.63, 3.8) is 0 Å². The molecule has 1 saturated heterocycles. The Morgan fingerprint density at radius 1 is 1.21 bits per heavy atom. The summed E-state index contributed by atoms with van der Waals surface area (Å²) in [7, 11) is 0. The second-order valence-corrected chi connectivity index (χ2v) is 8.04. The lowest BCUT2D eigenvalue weighted by atomic mass is 9.90. The molecular formula is C23H27N5O. The van der Waals surface area contributed by atoms with Crippen LogP contribution in [0.1, 0.15) is 66.1 Å². The van der Waals surface area contributed by atoms with Crippen molar-refractivity contribution in [3.8, 4) is 11.1 Å². The number of piperidine rings is 1. The number of aryl methyl sites for hydroxylation is 1. The maximum Gasteiger partial charge on any atom is 0.257 e. The van der Waals surface area contributed by atoms with E-state index in [1.165, 1.54) is 0 Å². The molecule has 0 spiro atoms. The topological polar surface area (TPSA) is 74.8 Å². The highest BCUT2D eigenvalue weighted by molar-refractivity contribution is 5.95. The molecule has 0 radical (unpaired) electrons. The number of hydrogen-bond acceptors (Lipinski definition) is 4. The molecule has 150 valence electrons. The molecule has 3 heterocycles. The number of nitrogens with one attached hydrogen (secondary N) is 1. The third-order valence-electron chi connectivity index (χ3n) is 5.62. The molecule has 6 heteroatoms. The highest BCUT2D eigenvalue weighted by atomic mass is 16.2. The van der Waals surface area contributed by atoms with Gasteiger partial charge in [-0.2, -0.15) is 5.10 Å². The van der Waals surface area contributed by atoms with E-state index in [1.54, 1.807) is 6.20 Å². The van der Waals surface area contributed by atoms with Crippen molar-refractivity contribution in [1.29, 1.82) is 0 Å². The van der Waals surface area contributed by atoms with Gasteiger partial charge in [-0.25, -0.2) is 9.97 Å². The van der Waals surface area contributed by atoms with Gasteiger partial charge in [0.15, 0.2) is 0 Å². The van der Waals surface area contributed by atoms with Crippen LogP contribution in [-0.2, 0) is 0 Å². The summed E-state index contributed by atoms with van der Waals surface area (Å²) < 4.78 is 0. The predicted molar refractivity (Wildman–Crippen MR) is 113 cm³/mol. The van der Waals surface area contributed by atoms with E-state index in [4.69, 9.17) is 0 Å². The van der Waals surface area contributed by atoms with Gasteiger partial charge >= 0.3 is 0 Å². The Morgan fingerprint density at radius 2 is 2.00 bits per heavy atom. The largest absolute Gasteiger partial charge is 0.338 e. The molecule has 1 aliphatic rings. The average Bonchev–Trinajstić information content (AvgIpc) is 3.24. The number of amides is 1. The van der Waals surface area contributed by atoms with Crippen LogP contribution in [0.5, 0.6) is 0 Å². The van der Waals surface area contributed by atoms with E-state index in [9.17, 15) is 4.79 Å². The second kappa shape index (κ2) is 8.15. The number of rotatable bonds is 4. The van der Waals surface area contributed by atoms with E-state index >= 15 is 0 Å². The van der Waals surface area contributed by atoms with Crippen LogP contribution >= 0.6 is 0 Å². The molecule has 1 fully saturated rings. The van der Waals surface area contributed by atoms with E-state index < -0.39 is 0 Å². The molecule has 6 nitrogen and oxygen atoms in total. The number of aromatic amines is 1. The first-order valence-corrected chi connectivity index (χ1v) is 10.3. The summed E-state index contributed by atoms with van der Waals surface area (Å²) in [5, 5.41) is 7.49. The molecule has 2 aromatic heterocycles. The molecule has 1 aliphatic heterocycles. The normalized spacial score (nSPS) is 17.0. The highest BCUT2D eigenvalue weighted by Gasteiger charge is 2.29. The molecule has 0 bridgehead atoms. The lowest BCUT2D eigenvalue weighted by Gasteiger charge is -2.33. The Bertz CT molecular complexity index is 996. The average molecular weight is 390 g/mol. The Labute approximate surface area is 171 Å². The molecular weight excluding hydrogens is 362 g/mol. The Balaban J connectivity index is 1.55. The standard InChI is InChI=1S/C23H27N5O/c1-15(2)22-24-12-19(16(3)26-22)23(29)28-11-7-10-18(14-28)21-20(13-25-27-21)17-8-5-4-6-9-17/h4-6,8-9,12-13,15,18H,7,10-11,14H2,1-3H3,(H,25,27)/t18-/m0/s1. The summed E-state index contributed by atoms with van der Waals surface area (Å²) in [6.45, 7) is 7.44. The van der Waals surface area contributed by atoms with E-state index in [1.807, 2.05) is 36.2 Å². The second-order valence-electron chi connectivity index (χ2n) is 8.04. The van der Waals surface area contributed by atoms with Crippen LogP contribution in [-0.4, -0.2) is 44.1 Å². The van der Waals surface area contributed by atoms with Crippen molar-refractivity contribution >= 4 is 5.91 Å². The zero-order chi connectivity index (χ0) is 20.4. The lowest BCUT2D eigenvalue weighted by molar-refractivity contribution is 0.0704. The summed E-state index contributed by atoms with van der Waals surface area (Å²) in [4.78, 5) is 24.1. The fraction of sp³-hybridized carbons (Fsp3) is 0.391. The van der Waals surface area contributed by atoms with Crippen LogP contribution in [0.25, 0.3) is 11.1 Å². The molecule has 29 heavy (non-hydrogen) atoms. The number of aromatic nitrogens is 4. The van der Waals surface area contributed by atoms with Gasteiger partial charge in [0, 0.05) is 42.4 Å². The maximum absolute atomic E-state index is 13.2. The van der Waals surface area contributed by atoms with Gasteiger partial charge in [0.2, 0.25) is 0 Å². The van der Waals surface area contributed by atoms with Crippen LogP contribution in [0.3, 0.4) is 0 Å². The molecule has 3 aromatic rings. The summed E-state index contributed by atoms with van der Waals surface area (Å²) in [6.07, 6.45) is 5.57. The van der Waals surface area contributed by atoms with Gasteiger partial charge in [0.25, 0.3) is 5.91 Å². The Morgan fingerprint density at radius 3 is 2.72 bits per heavy atom. The van der Waals surface area contributed by atoms with Crippen LogP contribution in [0.15, 0.2) is 42.7 Å². The molecule has 1 N–H and O–H groups in total. The summed E-state index contributed by atoms with van der Waals surface area (Å²) in [5.74, 6) is 1.28. The van der Waals surface area contributed by atoms with Crippen LogP contribution in [0.2, 0.25) is 0 Å². The first-order chi connectivity index (χ1) is 14.0. The number of carbonyl (C=O) groups excluding carboxylic acids is 1. The smallest absolute Gasteiger partial charge is 0.257 e. The summed E-state index contributed by atoms with van der Waals surface area (Å²) in [5.41, 5.74) is 4.72. The minimum Gasteiger partial charge on any atom is -0.338 e. The first kappa shape index (κ1) is 19.3. The minimum absolute atomic E-state index is 0.0169. The predicted octanol–water partition coefficient (Wildman–Crippen LogP) is 4.32.